The van der Waals surface area contributed by atoms with E-state index in [9.17, 15) is 9.59 Å². The molecule has 3 rings (SSSR count). The third-order valence-corrected chi connectivity index (χ3v) is 4.48. The molecule has 0 saturated heterocycles. The molecule has 2 heterocycles. The van der Waals surface area contributed by atoms with Crippen LogP contribution in [0.15, 0.2) is 46.9 Å². The van der Waals surface area contributed by atoms with Crippen molar-refractivity contribution >= 4 is 39.6 Å². The highest BCUT2D eigenvalue weighted by molar-refractivity contribution is 7.99. The summed E-state index contributed by atoms with van der Waals surface area (Å²) in [6.45, 7) is 4.03. The summed E-state index contributed by atoms with van der Waals surface area (Å²) in [7, 11) is 1.58. The second-order valence-electron chi connectivity index (χ2n) is 4.95. The number of carbonyl (C=O) groups excluding carboxylic acids is 1. The number of hydrogen-bond acceptors (Lipinski definition) is 4. The summed E-state index contributed by atoms with van der Waals surface area (Å²) in [6.07, 6.45) is 1.64. The maximum Gasteiger partial charge on any atom is 0.278 e. The summed E-state index contributed by atoms with van der Waals surface area (Å²) < 4.78 is 1.53. The minimum absolute atomic E-state index is 0.117. The van der Waals surface area contributed by atoms with Crippen LogP contribution in [-0.4, -0.2) is 33.2 Å². The SMILES string of the molecule is C=CCn1c(SCC(=O)NC)nc2c([nH]c3ccccc32)c1=O. The molecule has 6 nitrogen and oxygen atoms in total. The topological polar surface area (TPSA) is 79.8 Å². The zero-order valence-electron chi connectivity index (χ0n) is 12.6. The van der Waals surface area contributed by atoms with E-state index in [1.54, 1.807) is 13.1 Å². The molecule has 0 aliphatic heterocycles. The summed E-state index contributed by atoms with van der Waals surface area (Å²) in [4.78, 5) is 32.0. The van der Waals surface area contributed by atoms with Gasteiger partial charge in [-0.15, -0.1) is 6.58 Å². The van der Waals surface area contributed by atoms with Crippen molar-refractivity contribution in [1.29, 1.82) is 0 Å². The third-order valence-electron chi connectivity index (χ3n) is 3.50. The normalized spacial score (nSPS) is 11.0. The summed E-state index contributed by atoms with van der Waals surface area (Å²) in [6, 6.07) is 7.64. The van der Waals surface area contributed by atoms with Crippen LogP contribution in [0.3, 0.4) is 0 Å². The van der Waals surface area contributed by atoms with Gasteiger partial charge in [0.1, 0.15) is 11.0 Å². The van der Waals surface area contributed by atoms with Crippen LogP contribution < -0.4 is 10.9 Å². The maximum atomic E-state index is 12.8. The molecule has 0 aliphatic rings. The average molecular weight is 328 g/mol. The second kappa shape index (κ2) is 6.29. The van der Waals surface area contributed by atoms with Crippen molar-refractivity contribution in [2.75, 3.05) is 12.8 Å². The molecule has 118 valence electrons. The first-order valence-electron chi connectivity index (χ1n) is 7.11. The number of aromatic amines is 1. The van der Waals surface area contributed by atoms with E-state index in [0.29, 0.717) is 22.7 Å². The van der Waals surface area contributed by atoms with Gasteiger partial charge in [-0.1, -0.05) is 36.0 Å². The Kier molecular flexibility index (Phi) is 4.20. The summed E-state index contributed by atoms with van der Waals surface area (Å²) in [5.74, 6) is 0.0851. The lowest BCUT2D eigenvalue weighted by Gasteiger charge is -2.09. The molecule has 2 N–H and O–H groups in total. The Bertz CT molecular complexity index is 958. The number of carbonyl (C=O) groups is 1. The van der Waals surface area contributed by atoms with Crippen LogP contribution in [0.2, 0.25) is 0 Å². The number of nitrogens with zero attached hydrogens (tertiary/aromatic N) is 2. The van der Waals surface area contributed by atoms with Gasteiger partial charge < -0.3 is 10.3 Å². The maximum absolute atomic E-state index is 12.8. The Balaban J connectivity index is 2.21. The molecule has 0 aliphatic carbocycles. The molecule has 0 radical (unpaired) electrons. The zero-order chi connectivity index (χ0) is 16.4. The Labute approximate surface area is 136 Å². The summed E-state index contributed by atoms with van der Waals surface area (Å²) in [5, 5.41) is 3.97. The number of thioether (sulfide) groups is 1. The molecule has 1 amide bonds. The first-order valence-corrected chi connectivity index (χ1v) is 8.09. The van der Waals surface area contributed by atoms with Gasteiger partial charge >= 0.3 is 0 Å². The molecule has 0 atom stereocenters. The lowest BCUT2D eigenvalue weighted by atomic mass is 10.2. The molecule has 0 fully saturated rings. The largest absolute Gasteiger partial charge is 0.358 e. The molecule has 0 spiro atoms. The van der Waals surface area contributed by atoms with E-state index < -0.39 is 0 Å². The number of benzene rings is 1. The van der Waals surface area contributed by atoms with Crippen LogP contribution in [0.4, 0.5) is 0 Å². The minimum Gasteiger partial charge on any atom is -0.358 e. The predicted octanol–water partition coefficient (Wildman–Crippen LogP) is 1.90. The van der Waals surface area contributed by atoms with E-state index in [-0.39, 0.29) is 17.2 Å². The third kappa shape index (κ3) is 2.75. The smallest absolute Gasteiger partial charge is 0.278 e. The Morgan fingerprint density at radius 1 is 1.48 bits per heavy atom. The molecule has 0 unspecified atom stereocenters. The van der Waals surface area contributed by atoms with Gasteiger partial charge in [-0.3, -0.25) is 14.2 Å². The minimum atomic E-state index is -0.162. The predicted molar refractivity (Wildman–Crippen MR) is 92.8 cm³/mol. The number of para-hydroxylation sites is 1. The molecule has 7 heteroatoms. The monoisotopic (exact) mass is 328 g/mol. The molecule has 1 aromatic carbocycles. The fourth-order valence-corrected chi connectivity index (χ4v) is 3.25. The number of aromatic nitrogens is 3. The van der Waals surface area contributed by atoms with Crippen molar-refractivity contribution in [3.05, 3.63) is 47.3 Å². The van der Waals surface area contributed by atoms with Gasteiger partial charge in [-0.25, -0.2) is 4.98 Å². The fourth-order valence-electron chi connectivity index (χ4n) is 2.38. The van der Waals surface area contributed by atoms with Gasteiger partial charge in [0, 0.05) is 24.5 Å². The molecule has 0 bridgehead atoms. The highest BCUT2D eigenvalue weighted by Gasteiger charge is 2.15. The van der Waals surface area contributed by atoms with Gasteiger partial charge in [-0.2, -0.15) is 0 Å². The van der Waals surface area contributed by atoms with Crippen LogP contribution >= 0.6 is 11.8 Å². The number of rotatable bonds is 5. The number of amides is 1. The lowest BCUT2D eigenvalue weighted by Crippen LogP contribution is -2.24. The highest BCUT2D eigenvalue weighted by atomic mass is 32.2. The van der Waals surface area contributed by atoms with E-state index in [4.69, 9.17) is 0 Å². The van der Waals surface area contributed by atoms with Crippen molar-refractivity contribution in [2.45, 2.75) is 11.7 Å². The number of hydrogen-bond donors (Lipinski definition) is 2. The molecule has 3 aromatic rings. The zero-order valence-corrected chi connectivity index (χ0v) is 13.4. The van der Waals surface area contributed by atoms with E-state index in [2.05, 4.69) is 21.9 Å². The van der Waals surface area contributed by atoms with Crippen LogP contribution in [0.1, 0.15) is 0 Å². The first-order chi connectivity index (χ1) is 11.2. The molecule has 2 aromatic heterocycles. The fraction of sp³-hybridized carbons (Fsp3) is 0.188. The van der Waals surface area contributed by atoms with E-state index in [1.807, 2.05) is 24.3 Å². The van der Waals surface area contributed by atoms with E-state index in [0.717, 1.165) is 10.9 Å². The van der Waals surface area contributed by atoms with Crippen molar-refractivity contribution in [1.82, 2.24) is 19.9 Å². The van der Waals surface area contributed by atoms with Crippen molar-refractivity contribution in [3.63, 3.8) is 0 Å². The van der Waals surface area contributed by atoms with Gasteiger partial charge in [0.25, 0.3) is 5.56 Å². The van der Waals surface area contributed by atoms with Gasteiger partial charge in [0.15, 0.2) is 5.16 Å². The van der Waals surface area contributed by atoms with Crippen LogP contribution in [-0.2, 0) is 11.3 Å². The highest BCUT2D eigenvalue weighted by Crippen LogP contribution is 2.24. The molecular weight excluding hydrogens is 312 g/mol. The van der Waals surface area contributed by atoms with Gasteiger partial charge in [0.05, 0.1) is 5.75 Å². The van der Waals surface area contributed by atoms with E-state index >= 15 is 0 Å². The standard InChI is InChI=1S/C16H16N4O2S/c1-3-8-20-15(22)14-13(10-6-4-5-7-11(10)18-14)19-16(20)23-9-12(21)17-2/h3-7,18H,1,8-9H2,2H3,(H,17,21). The Morgan fingerprint density at radius 2 is 2.26 bits per heavy atom. The number of nitrogens with one attached hydrogen (secondary N) is 2. The average Bonchev–Trinajstić information content (AvgIpc) is 2.94. The molecule has 0 saturated carbocycles. The quantitative estimate of drug-likeness (QED) is 0.426. The Morgan fingerprint density at radius 3 is 3.00 bits per heavy atom. The van der Waals surface area contributed by atoms with E-state index in [1.165, 1.54) is 16.3 Å². The van der Waals surface area contributed by atoms with Crippen LogP contribution in [0.25, 0.3) is 21.9 Å². The van der Waals surface area contributed by atoms with Crippen LogP contribution in [0, 0.1) is 0 Å². The molecular formula is C16H16N4O2S. The van der Waals surface area contributed by atoms with Crippen molar-refractivity contribution < 1.29 is 4.79 Å². The first kappa shape index (κ1) is 15.4. The number of H-pyrrole nitrogens is 1. The second-order valence-corrected chi connectivity index (χ2v) is 5.90. The summed E-state index contributed by atoms with van der Waals surface area (Å²) >= 11 is 1.24. The number of fused-ring (bicyclic) bond motifs is 3. The van der Waals surface area contributed by atoms with Crippen molar-refractivity contribution in [3.8, 4) is 0 Å². The Hall–Kier alpha value is -2.54. The number of allylic oxidation sites excluding steroid dienone is 1. The summed E-state index contributed by atoms with van der Waals surface area (Å²) in [5.41, 5.74) is 1.80. The van der Waals surface area contributed by atoms with Crippen molar-refractivity contribution in [2.24, 2.45) is 0 Å². The van der Waals surface area contributed by atoms with Crippen LogP contribution in [0.5, 0.6) is 0 Å². The van der Waals surface area contributed by atoms with Gasteiger partial charge in [-0.05, 0) is 6.07 Å². The van der Waals surface area contributed by atoms with Gasteiger partial charge in [0.2, 0.25) is 5.91 Å². The lowest BCUT2D eigenvalue weighted by molar-refractivity contribution is -0.118. The molecule has 23 heavy (non-hydrogen) atoms.